The predicted octanol–water partition coefficient (Wildman–Crippen LogP) is 2.21. The Labute approximate surface area is 137 Å². The van der Waals surface area contributed by atoms with Crippen LogP contribution in [0.15, 0.2) is 18.2 Å². The summed E-state index contributed by atoms with van der Waals surface area (Å²) in [6, 6.07) is 6.39. The molecule has 5 nitrogen and oxygen atoms in total. The fourth-order valence-electron chi connectivity index (χ4n) is 3.66. The van der Waals surface area contributed by atoms with Crippen molar-refractivity contribution in [1.82, 2.24) is 10.2 Å². The van der Waals surface area contributed by atoms with Gasteiger partial charge in [0.2, 0.25) is 0 Å². The highest BCUT2D eigenvalue weighted by molar-refractivity contribution is 5.74. The minimum absolute atomic E-state index is 0.00666. The van der Waals surface area contributed by atoms with Crippen LogP contribution in [0.5, 0.6) is 0 Å². The summed E-state index contributed by atoms with van der Waals surface area (Å²) in [6.45, 7) is 2.91. The van der Waals surface area contributed by atoms with Crippen LogP contribution in [-0.4, -0.2) is 41.8 Å². The van der Waals surface area contributed by atoms with Gasteiger partial charge in [0.25, 0.3) is 0 Å². The quantitative estimate of drug-likeness (QED) is 0.895. The number of nitrogens with zero attached hydrogens (tertiary/aromatic N) is 1. The number of benzene rings is 1. The van der Waals surface area contributed by atoms with Gasteiger partial charge < -0.3 is 20.1 Å². The molecular formula is C18H26N2O3. The average molecular weight is 318 g/mol. The highest BCUT2D eigenvalue weighted by Gasteiger charge is 2.26. The zero-order valence-corrected chi connectivity index (χ0v) is 13.6. The summed E-state index contributed by atoms with van der Waals surface area (Å²) in [5.74, 6) is 0. The zero-order valence-electron chi connectivity index (χ0n) is 13.6. The summed E-state index contributed by atoms with van der Waals surface area (Å²) < 4.78 is 5.49. The van der Waals surface area contributed by atoms with Gasteiger partial charge in [-0.1, -0.05) is 18.2 Å². The minimum atomic E-state index is -0.00666. The monoisotopic (exact) mass is 318 g/mol. The lowest BCUT2D eigenvalue weighted by Gasteiger charge is -2.35. The Bertz CT molecular complexity index is 545. The zero-order chi connectivity index (χ0) is 16.1. The molecule has 0 bridgehead atoms. The minimum Gasteiger partial charge on any atom is -0.396 e. The predicted molar refractivity (Wildman–Crippen MR) is 88.1 cm³/mol. The van der Waals surface area contributed by atoms with Gasteiger partial charge >= 0.3 is 6.03 Å². The number of aliphatic hydroxyl groups excluding tert-OH is 1. The molecule has 5 heteroatoms. The Morgan fingerprint density at radius 2 is 2.30 bits per heavy atom. The molecule has 1 atom stereocenters. The number of rotatable bonds is 4. The molecule has 2 N–H and O–H groups in total. The smallest absolute Gasteiger partial charge is 0.317 e. The Morgan fingerprint density at radius 3 is 3.17 bits per heavy atom. The fraction of sp³-hybridized carbons (Fsp3) is 0.611. The molecule has 0 aliphatic carbocycles. The first-order valence-electron chi connectivity index (χ1n) is 8.62. The van der Waals surface area contributed by atoms with Gasteiger partial charge in [0, 0.05) is 25.7 Å². The molecule has 2 amide bonds. The standard InChI is InChI=1S/C18H26N2O3/c21-10-7-16-6-1-2-9-20(16)18(22)19-12-14-4-3-5-15-13-23-11-8-17(14)15/h3-5,16,21H,1-2,6-13H2,(H,19,22). The number of hydrogen-bond acceptors (Lipinski definition) is 3. The summed E-state index contributed by atoms with van der Waals surface area (Å²) in [7, 11) is 0. The van der Waals surface area contributed by atoms with Crippen LogP contribution >= 0.6 is 0 Å². The number of hydrogen-bond donors (Lipinski definition) is 2. The molecule has 0 aromatic heterocycles. The lowest BCUT2D eigenvalue weighted by atomic mass is 9.97. The van der Waals surface area contributed by atoms with Gasteiger partial charge in [-0.2, -0.15) is 0 Å². The molecule has 1 aromatic rings. The van der Waals surface area contributed by atoms with Crippen molar-refractivity contribution in [1.29, 1.82) is 0 Å². The van der Waals surface area contributed by atoms with Crippen molar-refractivity contribution in [3.05, 3.63) is 34.9 Å². The number of ether oxygens (including phenoxy) is 1. The van der Waals surface area contributed by atoms with Crippen LogP contribution in [0, 0.1) is 0 Å². The molecule has 0 radical (unpaired) electrons. The fourth-order valence-corrected chi connectivity index (χ4v) is 3.66. The Kier molecular flexibility index (Phi) is 5.51. The second-order valence-electron chi connectivity index (χ2n) is 6.37. The topological polar surface area (TPSA) is 61.8 Å². The second-order valence-corrected chi connectivity index (χ2v) is 6.37. The van der Waals surface area contributed by atoms with Crippen molar-refractivity contribution < 1.29 is 14.6 Å². The van der Waals surface area contributed by atoms with Gasteiger partial charge in [-0.25, -0.2) is 4.79 Å². The van der Waals surface area contributed by atoms with Gasteiger partial charge in [0.1, 0.15) is 0 Å². The van der Waals surface area contributed by atoms with Gasteiger partial charge in [0.15, 0.2) is 0 Å². The van der Waals surface area contributed by atoms with E-state index in [-0.39, 0.29) is 18.7 Å². The van der Waals surface area contributed by atoms with Gasteiger partial charge in [-0.05, 0) is 48.8 Å². The maximum absolute atomic E-state index is 12.5. The number of carbonyl (C=O) groups is 1. The number of carbonyl (C=O) groups excluding carboxylic acids is 1. The van der Waals surface area contributed by atoms with E-state index in [0.29, 0.717) is 19.6 Å². The normalized spacial score (nSPS) is 20.9. The number of urea groups is 1. The molecule has 1 aromatic carbocycles. The van der Waals surface area contributed by atoms with Gasteiger partial charge in [-0.15, -0.1) is 0 Å². The lowest BCUT2D eigenvalue weighted by molar-refractivity contribution is 0.110. The van der Waals surface area contributed by atoms with Crippen LogP contribution < -0.4 is 5.32 Å². The Balaban J connectivity index is 1.62. The third-order valence-electron chi connectivity index (χ3n) is 4.90. The van der Waals surface area contributed by atoms with Crippen LogP contribution in [0.2, 0.25) is 0 Å². The van der Waals surface area contributed by atoms with Crippen molar-refractivity contribution in [2.45, 2.75) is 51.3 Å². The number of piperidine rings is 1. The molecule has 0 saturated carbocycles. The molecule has 1 saturated heterocycles. The van der Waals surface area contributed by atoms with Crippen LogP contribution in [0.4, 0.5) is 4.79 Å². The SMILES string of the molecule is O=C(NCc1cccc2c1CCOC2)N1CCCCC1CCO. The van der Waals surface area contributed by atoms with E-state index in [0.717, 1.165) is 38.8 Å². The summed E-state index contributed by atoms with van der Waals surface area (Å²) >= 11 is 0. The molecule has 23 heavy (non-hydrogen) atoms. The van der Waals surface area contributed by atoms with E-state index < -0.39 is 0 Å². The lowest BCUT2D eigenvalue weighted by Crippen LogP contribution is -2.48. The van der Waals surface area contributed by atoms with Crippen molar-refractivity contribution in [2.75, 3.05) is 19.8 Å². The first kappa shape index (κ1) is 16.3. The van der Waals surface area contributed by atoms with E-state index in [2.05, 4.69) is 17.4 Å². The number of likely N-dealkylation sites (tertiary alicyclic amines) is 1. The second kappa shape index (κ2) is 7.79. The molecule has 126 valence electrons. The molecule has 2 aliphatic rings. The van der Waals surface area contributed by atoms with Crippen LogP contribution in [0.25, 0.3) is 0 Å². The van der Waals surface area contributed by atoms with Crippen LogP contribution in [0.3, 0.4) is 0 Å². The first-order valence-corrected chi connectivity index (χ1v) is 8.62. The Hall–Kier alpha value is -1.59. The molecule has 1 fully saturated rings. The average Bonchev–Trinajstić information content (AvgIpc) is 2.60. The largest absolute Gasteiger partial charge is 0.396 e. The number of amides is 2. The van der Waals surface area contributed by atoms with Crippen molar-refractivity contribution in [3.8, 4) is 0 Å². The van der Waals surface area contributed by atoms with E-state index >= 15 is 0 Å². The number of nitrogens with one attached hydrogen (secondary N) is 1. The highest BCUT2D eigenvalue weighted by atomic mass is 16.5. The summed E-state index contributed by atoms with van der Waals surface area (Å²) in [4.78, 5) is 14.4. The first-order chi connectivity index (χ1) is 11.3. The van der Waals surface area contributed by atoms with Gasteiger partial charge in [-0.3, -0.25) is 0 Å². The summed E-state index contributed by atoms with van der Waals surface area (Å²) in [6.07, 6.45) is 4.77. The maximum atomic E-state index is 12.5. The molecule has 3 rings (SSSR count). The Morgan fingerprint density at radius 1 is 1.39 bits per heavy atom. The molecule has 2 heterocycles. The van der Waals surface area contributed by atoms with Crippen molar-refractivity contribution in [3.63, 3.8) is 0 Å². The number of aliphatic hydroxyl groups is 1. The van der Waals surface area contributed by atoms with E-state index in [1.54, 1.807) is 0 Å². The van der Waals surface area contributed by atoms with Crippen molar-refractivity contribution >= 4 is 6.03 Å². The molecule has 0 spiro atoms. The van der Waals surface area contributed by atoms with Gasteiger partial charge in [0.05, 0.1) is 13.2 Å². The van der Waals surface area contributed by atoms with E-state index in [9.17, 15) is 9.90 Å². The van der Waals surface area contributed by atoms with E-state index in [1.165, 1.54) is 16.7 Å². The summed E-state index contributed by atoms with van der Waals surface area (Å²) in [5, 5.41) is 12.3. The van der Waals surface area contributed by atoms with Crippen LogP contribution in [0.1, 0.15) is 42.4 Å². The van der Waals surface area contributed by atoms with E-state index in [1.807, 2.05) is 11.0 Å². The number of fused-ring (bicyclic) bond motifs is 1. The van der Waals surface area contributed by atoms with Crippen LogP contribution in [-0.2, 0) is 24.3 Å². The van der Waals surface area contributed by atoms with E-state index in [4.69, 9.17) is 4.74 Å². The molecule has 2 aliphatic heterocycles. The van der Waals surface area contributed by atoms with Crippen molar-refractivity contribution in [2.24, 2.45) is 0 Å². The third-order valence-corrected chi connectivity index (χ3v) is 4.90. The maximum Gasteiger partial charge on any atom is 0.317 e. The molecule has 1 unspecified atom stereocenters. The molecular weight excluding hydrogens is 292 g/mol. The summed E-state index contributed by atoms with van der Waals surface area (Å²) in [5.41, 5.74) is 3.75. The third kappa shape index (κ3) is 3.85. The highest BCUT2D eigenvalue weighted by Crippen LogP contribution is 2.22.